The van der Waals surface area contributed by atoms with E-state index < -0.39 is 11.7 Å². The number of carbonyl (C=O) groups excluding carboxylic acids is 1. The highest BCUT2D eigenvalue weighted by Gasteiger charge is 2.51. The normalized spacial score (nSPS) is 24.8. The summed E-state index contributed by atoms with van der Waals surface area (Å²) in [5.41, 5.74) is -0.0313. The quantitative estimate of drug-likeness (QED) is 0.666. The Kier molecular flexibility index (Phi) is 7.21. The highest BCUT2D eigenvalue weighted by molar-refractivity contribution is 5.78. The maximum atomic E-state index is 13.1. The zero-order chi connectivity index (χ0) is 23.6. The van der Waals surface area contributed by atoms with Gasteiger partial charge in [-0.1, -0.05) is 6.07 Å². The average Bonchev–Trinajstić information content (AvgIpc) is 3.58. The minimum absolute atomic E-state index is 0.00198. The Morgan fingerprint density at radius 3 is 2.64 bits per heavy atom. The second-order valence-corrected chi connectivity index (χ2v) is 9.70. The van der Waals surface area contributed by atoms with Crippen LogP contribution in [-0.2, 0) is 15.7 Å². The molecule has 1 N–H and O–H groups in total. The molecular weight excluding hydrogens is 435 g/mol. The molecule has 9 heteroatoms. The molecule has 1 aromatic rings. The maximum Gasteiger partial charge on any atom is 0.416 e. The summed E-state index contributed by atoms with van der Waals surface area (Å²) in [6, 6.07) is 5.20. The number of alkyl halides is 3. The van der Waals surface area contributed by atoms with E-state index >= 15 is 0 Å². The predicted octanol–water partition coefficient (Wildman–Crippen LogP) is 3.00. The van der Waals surface area contributed by atoms with Gasteiger partial charge in [-0.2, -0.15) is 13.2 Å². The van der Waals surface area contributed by atoms with Crippen molar-refractivity contribution < 1.29 is 27.8 Å². The molecule has 0 radical (unpaired) electrons. The molecule has 2 aliphatic heterocycles. The van der Waals surface area contributed by atoms with Gasteiger partial charge in [0.25, 0.3) is 0 Å². The number of amides is 1. The Morgan fingerprint density at radius 1 is 1.18 bits per heavy atom. The maximum absolute atomic E-state index is 13.1. The summed E-state index contributed by atoms with van der Waals surface area (Å²) in [6.07, 6.45) is -0.401. The number of halogens is 3. The van der Waals surface area contributed by atoms with Crippen LogP contribution >= 0.6 is 0 Å². The number of hydrogen-bond donors (Lipinski definition) is 1. The van der Waals surface area contributed by atoms with Crippen molar-refractivity contribution >= 4 is 11.6 Å². The van der Waals surface area contributed by atoms with Crippen LogP contribution < -0.4 is 4.90 Å². The summed E-state index contributed by atoms with van der Waals surface area (Å²) < 4.78 is 44.8. The molecular formula is C24H34F3N3O3. The average molecular weight is 470 g/mol. The van der Waals surface area contributed by atoms with Gasteiger partial charge in [0, 0.05) is 51.9 Å². The van der Waals surface area contributed by atoms with Crippen molar-refractivity contribution in [2.75, 3.05) is 57.9 Å². The number of likely N-dealkylation sites (tertiary alicyclic amines) is 1. The molecule has 1 saturated carbocycles. The number of nitrogens with zero attached hydrogens (tertiary/aromatic N) is 3. The molecule has 2 unspecified atom stereocenters. The predicted molar refractivity (Wildman–Crippen MR) is 119 cm³/mol. The van der Waals surface area contributed by atoms with Crippen molar-refractivity contribution in [2.24, 2.45) is 5.41 Å². The van der Waals surface area contributed by atoms with Crippen LogP contribution in [0.4, 0.5) is 18.9 Å². The van der Waals surface area contributed by atoms with E-state index in [9.17, 15) is 23.1 Å². The molecule has 2 heterocycles. The molecule has 1 amide bonds. The topological polar surface area (TPSA) is 56.3 Å². The Labute approximate surface area is 193 Å². The molecule has 1 aromatic carbocycles. The second-order valence-electron chi connectivity index (χ2n) is 9.70. The van der Waals surface area contributed by atoms with E-state index in [2.05, 4.69) is 4.90 Å². The van der Waals surface area contributed by atoms with E-state index in [-0.39, 0.29) is 29.9 Å². The number of hydrogen-bond acceptors (Lipinski definition) is 5. The largest absolute Gasteiger partial charge is 0.416 e. The van der Waals surface area contributed by atoms with Crippen LogP contribution in [0.15, 0.2) is 24.3 Å². The number of benzene rings is 1. The summed E-state index contributed by atoms with van der Waals surface area (Å²) in [4.78, 5) is 18.9. The lowest BCUT2D eigenvalue weighted by molar-refractivity contribution is -0.137. The van der Waals surface area contributed by atoms with Crippen molar-refractivity contribution in [3.05, 3.63) is 29.8 Å². The zero-order valence-corrected chi connectivity index (χ0v) is 19.2. The highest BCUT2D eigenvalue weighted by Crippen LogP contribution is 2.53. The van der Waals surface area contributed by atoms with E-state index in [1.165, 1.54) is 6.07 Å². The number of ether oxygens (including phenoxy) is 1. The van der Waals surface area contributed by atoms with Crippen molar-refractivity contribution in [3.63, 3.8) is 0 Å². The third-order valence-electron chi connectivity index (χ3n) is 7.60. The number of piperidine rings is 1. The molecule has 184 valence electrons. The van der Waals surface area contributed by atoms with Crippen LogP contribution in [0.3, 0.4) is 0 Å². The van der Waals surface area contributed by atoms with Gasteiger partial charge in [-0.05, 0) is 55.8 Å². The van der Waals surface area contributed by atoms with Crippen LogP contribution in [0.25, 0.3) is 0 Å². The number of rotatable bonds is 7. The number of carbonyl (C=O) groups is 1. The van der Waals surface area contributed by atoms with Crippen LogP contribution in [0.1, 0.15) is 37.7 Å². The van der Waals surface area contributed by atoms with Gasteiger partial charge in [0.15, 0.2) is 0 Å². The minimum Gasteiger partial charge on any atom is -0.391 e. The molecule has 2 atom stereocenters. The number of β-amino-alcohol motifs (C(OH)–C–C–N with tert-alkyl or cyclic N) is 1. The number of anilines is 1. The van der Waals surface area contributed by atoms with Crippen molar-refractivity contribution in [2.45, 2.75) is 50.4 Å². The van der Waals surface area contributed by atoms with E-state index in [0.717, 1.165) is 50.9 Å². The van der Waals surface area contributed by atoms with E-state index in [1.807, 2.05) is 9.80 Å². The number of aliphatic hydroxyl groups is 1. The Balaban J connectivity index is 1.37. The molecule has 1 spiro atoms. The molecule has 6 nitrogen and oxygen atoms in total. The lowest BCUT2D eigenvalue weighted by Crippen LogP contribution is -2.48. The first-order valence-electron chi connectivity index (χ1n) is 11.8. The lowest BCUT2D eigenvalue weighted by atomic mass is 9.90. The molecule has 0 bridgehead atoms. The van der Waals surface area contributed by atoms with Gasteiger partial charge < -0.3 is 24.5 Å². The van der Waals surface area contributed by atoms with Gasteiger partial charge in [-0.25, -0.2) is 0 Å². The van der Waals surface area contributed by atoms with Crippen molar-refractivity contribution in [1.29, 1.82) is 0 Å². The van der Waals surface area contributed by atoms with Gasteiger partial charge in [0.2, 0.25) is 5.91 Å². The second kappa shape index (κ2) is 9.80. The molecule has 1 aliphatic carbocycles. The first-order chi connectivity index (χ1) is 15.7. The molecule has 4 rings (SSSR count). The number of aliphatic hydroxyl groups excluding tert-OH is 1. The van der Waals surface area contributed by atoms with Gasteiger partial charge in [-0.3, -0.25) is 4.79 Å². The monoisotopic (exact) mass is 469 g/mol. The fourth-order valence-corrected chi connectivity index (χ4v) is 5.24. The Morgan fingerprint density at radius 2 is 1.97 bits per heavy atom. The summed E-state index contributed by atoms with van der Waals surface area (Å²) in [6.45, 7) is 4.13. The van der Waals surface area contributed by atoms with Crippen molar-refractivity contribution in [3.8, 4) is 0 Å². The van der Waals surface area contributed by atoms with Crippen molar-refractivity contribution in [1.82, 2.24) is 9.80 Å². The summed E-state index contributed by atoms with van der Waals surface area (Å²) in [5.74, 6) is 0.00198. The standard InChI is InChI=1S/C24H34F3N3O3/c1-33-17-20(5-10-28-12-9-23(7-8-23)21(31)16-28)30-14-13-29(11-6-22(30)32)19-4-2-3-18(15-19)24(25,26)27/h2-4,15,20-21,31H,5-14,16-17H2,1H3. The summed E-state index contributed by atoms with van der Waals surface area (Å²) >= 11 is 0. The van der Waals surface area contributed by atoms with Crippen LogP contribution in [0.5, 0.6) is 0 Å². The fourth-order valence-electron chi connectivity index (χ4n) is 5.24. The molecule has 33 heavy (non-hydrogen) atoms. The first kappa shape index (κ1) is 24.3. The third kappa shape index (κ3) is 5.63. The molecule has 3 fully saturated rings. The summed E-state index contributed by atoms with van der Waals surface area (Å²) in [5, 5.41) is 10.5. The van der Waals surface area contributed by atoms with Crippen LogP contribution in [0.2, 0.25) is 0 Å². The number of methoxy groups -OCH3 is 1. The van der Waals surface area contributed by atoms with E-state index in [1.54, 1.807) is 13.2 Å². The fraction of sp³-hybridized carbons (Fsp3) is 0.708. The van der Waals surface area contributed by atoms with E-state index in [0.29, 0.717) is 38.5 Å². The van der Waals surface area contributed by atoms with Gasteiger partial charge in [0.05, 0.1) is 24.3 Å². The Bertz CT molecular complexity index is 831. The first-order valence-corrected chi connectivity index (χ1v) is 11.8. The molecule has 0 aromatic heterocycles. The van der Waals surface area contributed by atoms with Gasteiger partial charge in [-0.15, -0.1) is 0 Å². The van der Waals surface area contributed by atoms with Crippen LogP contribution in [-0.4, -0.2) is 85.9 Å². The SMILES string of the molecule is COCC(CCN1CCC2(CC2)C(O)C1)N1CCN(c2cccc(C(F)(F)F)c2)CCC1=O. The lowest BCUT2D eigenvalue weighted by Gasteiger charge is -2.38. The van der Waals surface area contributed by atoms with Gasteiger partial charge >= 0.3 is 6.18 Å². The zero-order valence-electron chi connectivity index (χ0n) is 19.2. The smallest absolute Gasteiger partial charge is 0.391 e. The van der Waals surface area contributed by atoms with Gasteiger partial charge in [0.1, 0.15) is 0 Å². The minimum atomic E-state index is -4.39. The Hall–Kier alpha value is -1.84. The van der Waals surface area contributed by atoms with E-state index in [4.69, 9.17) is 4.74 Å². The molecule has 2 saturated heterocycles. The van der Waals surface area contributed by atoms with Crippen LogP contribution in [0, 0.1) is 5.41 Å². The molecule has 3 aliphatic rings. The third-order valence-corrected chi connectivity index (χ3v) is 7.60. The summed E-state index contributed by atoms with van der Waals surface area (Å²) in [7, 11) is 1.62. The highest BCUT2D eigenvalue weighted by atomic mass is 19.4.